The van der Waals surface area contributed by atoms with Gasteiger partial charge in [0.1, 0.15) is 0 Å². The highest BCUT2D eigenvalue weighted by Gasteiger charge is 2.32. The Morgan fingerprint density at radius 3 is 1.79 bits per heavy atom. The van der Waals surface area contributed by atoms with Crippen LogP contribution in [0.1, 0.15) is 135 Å². The molecule has 0 aliphatic heterocycles. The Morgan fingerprint density at radius 1 is 0.828 bits per heavy atom. The highest BCUT2D eigenvalue weighted by atomic mass is 16.3. The summed E-state index contributed by atoms with van der Waals surface area (Å²) in [7, 11) is 0. The Bertz CT molecular complexity index is 394. The van der Waals surface area contributed by atoms with Gasteiger partial charge in [-0.25, -0.2) is 0 Å². The molecular formula is C25H49NO3. The Labute approximate surface area is 180 Å². The standard InChI is InChI=1S/C25H49NO3/c1-2-3-4-5-6-7-8-9-10-11-12-13-15-18-24(28)26-23(22-27)21-25(29)19-16-14-17-20-25/h23,27,29H,2-22H2,1H3,(H,26,28). The average molecular weight is 412 g/mol. The number of aliphatic hydroxyl groups is 2. The van der Waals surface area contributed by atoms with E-state index >= 15 is 0 Å². The second-order valence-corrected chi connectivity index (χ2v) is 9.43. The molecule has 0 spiro atoms. The van der Waals surface area contributed by atoms with Crippen LogP contribution in [0.25, 0.3) is 0 Å². The molecule has 1 aliphatic rings. The minimum Gasteiger partial charge on any atom is -0.394 e. The Balaban J connectivity index is 1.95. The zero-order valence-electron chi connectivity index (χ0n) is 19.2. The summed E-state index contributed by atoms with van der Waals surface area (Å²) in [6, 6.07) is -0.312. The highest BCUT2D eigenvalue weighted by molar-refractivity contribution is 5.76. The number of carbonyl (C=O) groups is 1. The Hall–Kier alpha value is -0.610. The van der Waals surface area contributed by atoms with E-state index in [1.165, 1.54) is 77.0 Å². The van der Waals surface area contributed by atoms with E-state index in [-0.39, 0.29) is 18.6 Å². The summed E-state index contributed by atoms with van der Waals surface area (Å²) in [6.07, 6.45) is 22.8. The van der Waals surface area contributed by atoms with Crippen molar-refractivity contribution in [3.8, 4) is 0 Å². The number of nitrogens with one attached hydrogen (secondary N) is 1. The fourth-order valence-electron chi connectivity index (χ4n) is 4.64. The quantitative estimate of drug-likeness (QED) is 0.241. The normalized spacial score (nSPS) is 17.2. The van der Waals surface area contributed by atoms with E-state index in [9.17, 15) is 15.0 Å². The van der Waals surface area contributed by atoms with Gasteiger partial charge in [0.05, 0.1) is 18.2 Å². The molecule has 0 bridgehead atoms. The van der Waals surface area contributed by atoms with Crippen LogP contribution in [-0.4, -0.2) is 34.4 Å². The van der Waals surface area contributed by atoms with Gasteiger partial charge in [-0.3, -0.25) is 4.79 Å². The van der Waals surface area contributed by atoms with E-state index in [2.05, 4.69) is 12.2 Å². The lowest BCUT2D eigenvalue weighted by molar-refractivity contribution is -0.122. The summed E-state index contributed by atoms with van der Waals surface area (Å²) < 4.78 is 0. The van der Waals surface area contributed by atoms with Gasteiger partial charge in [0, 0.05) is 6.42 Å². The van der Waals surface area contributed by atoms with E-state index in [0.29, 0.717) is 12.8 Å². The predicted molar refractivity (Wildman–Crippen MR) is 122 cm³/mol. The van der Waals surface area contributed by atoms with Crippen LogP contribution in [0.15, 0.2) is 0 Å². The van der Waals surface area contributed by atoms with Crippen LogP contribution in [-0.2, 0) is 4.79 Å². The van der Waals surface area contributed by atoms with Crippen LogP contribution >= 0.6 is 0 Å². The molecule has 0 radical (unpaired) electrons. The summed E-state index contributed by atoms with van der Waals surface area (Å²) in [5.41, 5.74) is -0.700. The van der Waals surface area contributed by atoms with Crippen LogP contribution in [0.3, 0.4) is 0 Å². The molecule has 1 unspecified atom stereocenters. The minimum absolute atomic E-state index is 0.0199. The van der Waals surface area contributed by atoms with Crippen molar-refractivity contribution in [1.29, 1.82) is 0 Å². The number of unbranched alkanes of at least 4 members (excludes halogenated alkanes) is 12. The van der Waals surface area contributed by atoms with Crippen LogP contribution in [0, 0.1) is 0 Å². The molecular weight excluding hydrogens is 362 g/mol. The zero-order chi connectivity index (χ0) is 21.2. The van der Waals surface area contributed by atoms with Crippen LogP contribution < -0.4 is 5.32 Å². The second-order valence-electron chi connectivity index (χ2n) is 9.43. The third-order valence-electron chi connectivity index (χ3n) is 6.50. The summed E-state index contributed by atoms with van der Waals surface area (Å²) in [5, 5.41) is 23.1. The maximum atomic E-state index is 12.2. The molecule has 0 saturated heterocycles. The molecule has 0 aromatic heterocycles. The molecule has 1 saturated carbocycles. The predicted octanol–water partition coefficient (Wildman–Crippen LogP) is 6.03. The van der Waals surface area contributed by atoms with E-state index < -0.39 is 5.60 Å². The fourth-order valence-corrected chi connectivity index (χ4v) is 4.64. The number of aliphatic hydroxyl groups excluding tert-OH is 1. The van der Waals surface area contributed by atoms with Crippen LogP contribution in [0.5, 0.6) is 0 Å². The van der Waals surface area contributed by atoms with Gasteiger partial charge in [-0.1, -0.05) is 103 Å². The lowest BCUT2D eigenvalue weighted by Crippen LogP contribution is -2.45. The van der Waals surface area contributed by atoms with Crippen molar-refractivity contribution in [2.45, 2.75) is 147 Å². The largest absolute Gasteiger partial charge is 0.394 e. The molecule has 0 heterocycles. The molecule has 4 nitrogen and oxygen atoms in total. The van der Waals surface area contributed by atoms with Gasteiger partial charge in [-0.05, 0) is 25.7 Å². The first-order valence-electron chi connectivity index (χ1n) is 12.7. The molecule has 4 heteroatoms. The van der Waals surface area contributed by atoms with Crippen LogP contribution in [0.2, 0.25) is 0 Å². The van der Waals surface area contributed by atoms with Gasteiger partial charge < -0.3 is 15.5 Å². The van der Waals surface area contributed by atoms with Gasteiger partial charge in [-0.15, -0.1) is 0 Å². The van der Waals surface area contributed by atoms with E-state index in [0.717, 1.165) is 38.5 Å². The topological polar surface area (TPSA) is 69.6 Å². The van der Waals surface area contributed by atoms with Crippen molar-refractivity contribution in [3.05, 3.63) is 0 Å². The van der Waals surface area contributed by atoms with Gasteiger partial charge in [0.15, 0.2) is 0 Å². The Morgan fingerprint density at radius 2 is 1.31 bits per heavy atom. The highest BCUT2D eigenvalue weighted by Crippen LogP contribution is 2.31. The first kappa shape index (κ1) is 26.4. The lowest BCUT2D eigenvalue weighted by atomic mass is 9.80. The van der Waals surface area contributed by atoms with E-state index in [1.54, 1.807) is 0 Å². The SMILES string of the molecule is CCCCCCCCCCCCCCCC(=O)NC(CO)CC1(O)CCCCC1. The van der Waals surface area contributed by atoms with Crippen molar-refractivity contribution in [1.82, 2.24) is 5.32 Å². The average Bonchev–Trinajstić information content (AvgIpc) is 2.71. The number of carbonyl (C=O) groups excluding carboxylic acids is 1. The minimum atomic E-state index is -0.700. The molecule has 1 amide bonds. The third-order valence-corrected chi connectivity index (χ3v) is 6.50. The summed E-state index contributed by atoms with van der Waals surface area (Å²) in [6.45, 7) is 2.17. The summed E-state index contributed by atoms with van der Waals surface area (Å²) in [5.74, 6) is 0.0199. The molecule has 1 atom stereocenters. The molecule has 0 aromatic rings. The number of rotatable bonds is 18. The number of hydrogen-bond acceptors (Lipinski definition) is 3. The molecule has 172 valence electrons. The second kappa shape index (κ2) is 17.1. The summed E-state index contributed by atoms with van der Waals surface area (Å²) >= 11 is 0. The fraction of sp³-hybridized carbons (Fsp3) is 0.960. The van der Waals surface area contributed by atoms with Crippen molar-refractivity contribution in [3.63, 3.8) is 0 Å². The monoisotopic (exact) mass is 411 g/mol. The smallest absolute Gasteiger partial charge is 0.220 e. The molecule has 0 aromatic carbocycles. The first-order chi connectivity index (χ1) is 14.1. The van der Waals surface area contributed by atoms with Crippen molar-refractivity contribution >= 4 is 5.91 Å². The maximum absolute atomic E-state index is 12.2. The lowest BCUT2D eigenvalue weighted by Gasteiger charge is -2.35. The van der Waals surface area contributed by atoms with Gasteiger partial charge in [-0.2, -0.15) is 0 Å². The molecule has 1 rings (SSSR count). The van der Waals surface area contributed by atoms with Crippen LogP contribution in [0.4, 0.5) is 0 Å². The van der Waals surface area contributed by atoms with Gasteiger partial charge in [0.2, 0.25) is 5.91 Å². The van der Waals surface area contributed by atoms with E-state index in [4.69, 9.17) is 0 Å². The maximum Gasteiger partial charge on any atom is 0.220 e. The molecule has 1 aliphatic carbocycles. The number of amides is 1. The third kappa shape index (κ3) is 14.1. The molecule has 3 N–H and O–H groups in total. The summed E-state index contributed by atoms with van der Waals surface area (Å²) in [4.78, 5) is 12.2. The molecule has 1 fully saturated rings. The van der Waals surface area contributed by atoms with Crippen molar-refractivity contribution < 1.29 is 15.0 Å². The van der Waals surface area contributed by atoms with Gasteiger partial charge >= 0.3 is 0 Å². The van der Waals surface area contributed by atoms with Crippen molar-refractivity contribution in [2.24, 2.45) is 0 Å². The molecule has 29 heavy (non-hydrogen) atoms. The van der Waals surface area contributed by atoms with Crippen molar-refractivity contribution in [2.75, 3.05) is 6.61 Å². The zero-order valence-corrected chi connectivity index (χ0v) is 19.2. The Kier molecular flexibility index (Phi) is 15.6. The first-order valence-corrected chi connectivity index (χ1v) is 12.7. The van der Waals surface area contributed by atoms with Gasteiger partial charge in [0.25, 0.3) is 0 Å². The number of hydrogen-bond donors (Lipinski definition) is 3. The van der Waals surface area contributed by atoms with E-state index in [1.807, 2.05) is 0 Å².